The predicted octanol–water partition coefficient (Wildman–Crippen LogP) is 4.43. The van der Waals surface area contributed by atoms with E-state index in [1.807, 2.05) is 48.5 Å². The van der Waals surface area contributed by atoms with Crippen molar-refractivity contribution in [3.63, 3.8) is 0 Å². The quantitative estimate of drug-likeness (QED) is 0.644. The summed E-state index contributed by atoms with van der Waals surface area (Å²) in [7, 11) is 0. The van der Waals surface area contributed by atoms with Crippen molar-refractivity contribution in [2.45, 2.75) is 19.8 Å². The zero-order valence-corrected chi connectivity index (χ0v) is 17.9. The number of carbonyl (C=O) groups is 1. The van der Waals surface area contributed by atoms with Gasteiger partial charge in [-0.2, -0.15) is 0 Å². The van der Waals surface area contributed by atoms with E-state index in [1.165, 1.54) is 19.4 Å². The minimum Gasteiger partial charge on any atom is -0.441 e. The molecule has 1 saturated heterocycles. The van der Waals surface area contributed by atoms with E-state index in [0.29, 0.717) is 17.3 Å². The number of anilines is 2. The maximum atomic E-state index is 12.9. The van der Waals surface area contributed by atoms with Gasteiger partial charge in [0.2, 0.25) is 5.89 Å². The molecule has 2 fully saturated rings. The Morgan fingerprint density at radius 3 is 2.58 bits per heavy atom. The number of benzene rings is 2. The number of nitrogens with zero attached hydrogens (tertiary/aromatic N) is 3. The smallest absolute Gasteiger partial charge is 0.277 e. The lowest BCUT2D eigenvalue weighted by Crippen LogP contribution is -2.47. The summed E-state index contributed by atoms with van der Waals surface area (Å²) in [5.74, 6) is 1.66. The second-order valence-electron chi connectivity index (χ2n) is 8.53. The fourth-order valence-electron chi connectivity index (χ4n) is 4.14. The van der Waals surface area contributed by atoms with Crippen molar-refractivity contribution in [2.75, 3.05) is 42.9 Å². The van der Waals surface area contributed by atoms with Crippen molar-refractivity contribution in [1.29, 1.82) is 0 Å². The van der Waals surface area contributed by atoms with Crippen molar-refractivity contribution in [3.05, 3.63) is 66.1 Å². The van der Waals surface area contributed by atoms with E-state index < -0.39 is 0 Å². The number of aryl methyl sites for hydroxylation is 1. The highest BCUT2D eigenvalue weighted by Crippen LogP contribution is 2.30. The third-order valence-corrected chi connectivity index (χ3v) is 6.09. The van der Waals surface area contributed by atoms with Gasteiger partial charge >= 0.3 is 0 Å². The fourth-order valence-corrected chi connectivity index (χ4v) is 4.14. The molecule has 1 aliphatic carbocycles. The van der Waals surface area contributed by atoms with E-state index in [-0.39, 0.29) is 5.91 Å². The molecule has 2 heterocycles. The topological polar surface area (TPSA) is 61.6 Å². The Bertz CT molecular complexity index is 1050. The van der Waals surface area contributed by atoms with Crippen molar-refractivity contribution < 1.29 is 9.21 Å². The van der Waals surface area contributed by atoms with Crippen molar-refractivity contribution in [3.8, 4) is 11.5 Å². The molecule has 1 aromatic heterocycles. The van der Waals surface area contributed by atoms with Gasteiger partial charge in [0.15, 0.2) is 5.69 Å². The standard InChI is InChI=1S/C25H28N4O2/c1-18-23(27-25(31-18)20-6-3-2-4-7-20)24(30)26-21-8-5-9-22(16-21)29-14-12-28(13-15-29)17-19-10-11-19/h2-9,16,19H,10-15,17H2,1H3,(H,26,30). The van der Waals surface area contributed by atoms with Gasteiger partial charge in [0.05, 0.1) is 0 Å². The van der Waals surface area contributed by atoms with Crippen LogP contribution in [-0.4, -0.2) is 48.5 Å². The molecular formula is C25H28N4O2. The van der Waals surface area contributed by atoms with Crippen LogP contribution in [0.15, 0.2) is 59.0 Å². The fraction of sp³-hybridized carbons (Fsp3) is 0.360. The van der Waals surface area contributed by atoms with Crippen LogP contribution < -0.4 is 10.2 Å². The maximum Gasteiger partial charge on any atom is 0.277 e. The van der Waals surface area contributed by atoms with Gasteiger partial charge in [-0.05, 0) is 56.0 Å². The predicted molar refractivity (Wildman–Crippen MR) is 122 cm³/mol. The monoisotopic (exact) mass is 416 g/mol. The van der Waals surface area contributed by atoms with Crippen LogP contribution in [0.1, 0.15) is 29.1 Å². The summed E-state index contributed by atoms with van der Waals surface area (Å²) in [4.78, 5) is 22.3. The highest BCUT2D eigenvalue weighted by molar-refractivity contribution is 6.04. The Morgan fingerprint density at radius 1 is 1.06 bits per heavy atom. The number of amides is 1. The number of nitrogens with one attached hydrogen (secondary N) is 1. The Kier molecular flexibility index (Phi) is 5.47. The number of rotatable bonds is 6. The first-order valence-electron chi connectivity index (χ1n) is 11.1. The summed E-state index contributed by atoms with van der Waals surface area (Å²) >= 11 is 0. The van der Waals surface area contributed by atoms with Crippen LogP contribution >= 0.6 is 0 Å². The van der Waals surface area contributed by atoms with Gasteiger partial charge in [0.25, 0.3) is 5.91 Å². The van der Waals surface area contributed by atoms with E-state index in [4.69, 9.17) is 4.42 Å². The van der Waals surface area contributed by atoms with Crippen molar-refractivity contribution in [2.24, 2.45) is 5.92 Å². The molecule has 0 bridgehead atoms. The molecule has 160 valence electrons. The zero-order chi connectivity index (χ0) is 21.2. The molecule has 6 nitrogen and oxygen atoms in total. The molecule has 6 heteroatoms. The largest absolute Gasteiger partial charge is 0.441 e. The van der Waals surface area contributed by atoms with E-state index in [0.717, 1.165) is 49.0 Å². The number of oxazole rings is 1. The minimum atomic E-state index is -0.255. The summed E-state index contributed by atoms with van der Waals surface area (Å²) in [5, 5.41) is 2.99. The normalized spacial score (nSPS) is 17.0. The van der Waals surface area contributed by atoms with Crippen molar-refractivity contribution in [1.82, 2.24) is 9.88 Å². The lowest BCUT2D eigenvalue weighted by molar-refractivity contribution is 0.102. The Labute approximate surface area is 182 Å². The second kappa shape index (κ2) is 8.55. The molecule has 1 saturated carbocycles. The first kappa shape index (κ1) is 19.8. The van der Waals surface area contributed by atoms with Crippen LogP contribution in [0.25, 0.3) is 11.5 Å². The van der Waals surface area contributed by atoms with Gasteiger partial charge in [-0.15, -0.1) is 0 Å². The van der Waals surface area contributed by atoms with Gasteiger partial charge in [-0.1, -0.05) is 24.3 Å². The Balaban J connectivity index is 1.24. The molecule has 0 radical (unpaired) electrons. The lowest BCUT2D eigenvalue weighted by atomic mass is 10.2. The molecule has 31 heavy (non-hydrogen) atoms. The molecule has 2 aromatic carbocycles. The molecule has 1 amide bonds. The first-order chi connectivity index (χ1) is 15.2. The van der Waals surface area contributed by atoms with E-state index >= 15 is 0 Å². The molecular weight excluding hydrogens is 388 g/mol. The van der Waals surface area contributed by atoms with Gasteiger partial charge in [-0.25, -0.2) is 4.98 Å². The number of hydrogen-bond donors (Lipinski definition) is 1. The molecule has 3 aromatic rings. The molecule has 2 aliphatic rings. The Hall–Kier alpha value is -3.12. The number of piperazine rings is 1. The zero-order valence-electron chi connectivity index (χ0n) is 17.9. The van der Waals surface area contributed by atoms with Crippen LogP contribution in [-0.2, 0) is 0 Å². The SMILES string of the molecule is Cc1oc(-c2ccccc2)nc1C(=O)Nc1cccc(N2CCN(CC3CC3)CC2)c1. The first-order valence-corrected chi connectivity index (χ1v) is 11.1. The van der Waals surface area contributed by atoms with Crippen LogP contribution in [0.4, 0.5) is 11.4 Å². The summed E-state index contributed by atoms with van der Waals surface area (Å²) < 4.78 is 5.74. The highest BCUT2D eigenvalue weighted by Gasteiger charge is 2.26. The maximum absolute atomic E-state index is 12.9. The average molecular weight is 417 g/mol. The van der Waals surface area contributed by atoms with Gasteiger partial charge in [-0.3, -0.25) is 9.69 Å². The number of hydrogen-bond acceptors (Lipinski definition) is 5. The summed E-state index contributed by atoms with van der Waals surface area (Å²) in [6.45, 7) is 7.28. The van der Waals surface area contributed by atoms with Crippen molar-refractivity contribution >= 4 is 17.3 Å². The molecule has 5 rings (SSSR count). The summed E-state index contributed by atoms with van der Waals surface area (Å²) in [5.41, 5.74) is 3.09. The van der Waals surface area contributed by atoms with Crippen LogP contribution in [0.3, 0.4) is 0 Å². The lowest BCUT2D eigenvalue weighted by Gasteiger charge is -2.36. The Morgan fingerprint density at radius 2 is 1.84 bits per heavy atom. The second-order valence-corrected chi connectivity index (χ2v) is 8.53. The minimum absolute atomic E-state index is 0.255. The van der Waals surface area contributed by atoms with Crippen LogP contribution in [0.5, 0.6) is 0 Å². The third kappa shape index (κ3) is 4.64. The van der Waals surface area contributed by atoms with Crippen LogP contribution in [0.2, 0.25) is 0 Å². The van der Waals surface area contributed by atoms with E-state index in [1.54, 1.807) is 6.92 Å². The highest BCUT2D eigenvalue weighted by atomic mass is 16.4. The molecule has 0 spiro atoms. The third-order valence-electron chi connectivity index (χ3n) is 6.09. The van der Waals surface area contributed by atoms with E-state index in [9.17, 15) is 4.79 Å². The summed E-state index contributed by atoms with van der Waals surface area (Å²) in [6, 6.07) is 17.7. The van der Waals surface area contributed by atoms with Gasteiger partial charge in [0.1, 0.15) is 5.76 Å². The number of aromatic nitrogens is 1. The van der Waals surface area contributed by atoms with Crippen LogP contribution in [0, 0.1) is 12.8 Å². The van der Waals surface area contributed by atoms with E-state index in [2.05, 4.69) is 26.2 Å². The molecule has 1 aliphatic heterocycles. The number of carbonyl (C=O) groups excluding carboxylic acids is 1. The van der Waals surface area contributed by atoms with Gasteiger partial charge < -0.3 is 14.6 Å². The molecule has 1 N–H and O–H groups in total. The molecule has 0 atom stereocenters. The average Bonchev–Trinajstić information content (AvgIpc) is 3.53. The molecule has 0 unspecified atom stereocenters. The van der Waals surface area contributed by atoms with Gasteiger partial charge in [0, 0.05) is 49.7 Å². The summed E-state index contributed by atoms with van der Waals surface area (Å²) in [6.07, 6.45) is 2.81.